The van der Waals surface area contributed by atoms with Crippen molar-refractivity contribution in [2.24, 2.45) is 0 Å². The maximum atomic E-state index is 10.5. The van der Waals surface area contributed by atoms with Crippen molar-refractivity contribution >= 4 is 5.97 Å². The predicted octanol–water partition coefficient (Wildman–Crippen LogP) is 1.98. The largest absolute Gasteiger partial charge is 0.496 e. The van der Waals surface area contributed by atoms with Gasteiger partial charge in [-0.1, -0.05) is 12.1 Å². The highest BCUT2D eigenvalue weighted by Crippen LogP contribution is 2.28. The Bertz CT molecular complexity index is 533. The van der Waals surface area contributed by atoms with Crippen LogP contribution in [0.1, 0.15) is 5.69 Å². The topological polar surface area (TPSA) is 72.6 Å². The van der Waals surface area contributed by atoms with E-state index in [1.807, 2.05) is 12.1 Å². The first kappa shape index (κ1) is 11.2. The Labute approximate surface area is 97.7 Å². The van der Waals surface area contributed by atoms with Crippen molar-refractivity contribution in [1.29, 1.82) is 0 Å². The summed E-state index contributed by atoms with van der Waals surface area (Å²) in [5.74, 6) is 0.0554. The van der Waals surface area contributed by atoms with Crippen LogP contribution < -0.4 is 4.74 Å². The van der Waals surface area contributed by atoms with Gasteiger partial charge in [0.1, 0.15) is 12.0 Å². The Balaban J connectivity index is 2.33. The monoisotopic (exact) mass is 233 g/mol. The second-order valence-electron chi connectivity index (χ2n) is 3.41. The Hall–Kier alpha value is -2.30. The molecule has 0 aliphatic heterocycles. The maximum absolute atomic E-state index is 10.5. The minimum atomic E-state index is -0.940. The second kappa shape index (κ2) is 4.69. The van der Waals surface area contributed by atoms with Crippen LogP contribution in [0.25, 0.3) is 11.5 Å². The van der Waals surface area contributed by atoms with Crippen molar-refractivity contribution in [2.45, 2.75) is 6.42 Å². The van der Waals surface area contributed by atoms with Gasteiger partial charge in [0.2, 0.25) is 5.89 Å². The highest BCUT2D eigenvalue weighted by Gasteiger charge is 2.12. The standard InChI is InChI=1S/C12H11NO4/c1-16-10-5-3-2-4-9(10)12-13-8(7-17-12)6-11(14)15/h2-5,7H,6H2,1H3,(H,14,15). The van der Waals surface area contributed by atoms with Crippen molar-refractivity contribution in [2.75, 3.05) is 7.11 Å². The van der Waals surface area contributed by atoms with Gasteiger partial charge in [-0.25, -0.2) is 4.98 Å². The summed E-state index contributed by atoms with van der Waals surface area (Å²) in [6.45, 7) is 0. The molecule has 0 amide bonds. The van der Waals surface area contributed by atoms with Crippen LogP contribution in [0.2, 0.25) is 0 Å². The average molecular weight is 233 g/mol. The number of benzene rings is 1. The zero-order valence-corrected chi connectivity index (χ0v) is 9.21. The van der Waals surface area contributed by atoms with Gasteiger partial charge in [-0.15, -0.1) is 0 Å². The predicted molar refractivity (Wildman–Crippen MR) is 59.8 cm³/mol. The normalized spacial score (nSPS) is 10.2. The molecule has 17 heavy (non-hydrogen) atoms. The van der Waals surface area contributed by atoms with Gasteiger partial charge in [0, 0.05) is 0 Å². The van der Waals surface area contributed by atoms with Crippen molar-refractivity contribution < 1.29 is 19.1 Å². The molecule has 0 unspecified atom stereocenters. The fourth-order valence-electron chi connectivity index (χ4n) is 1.49. The zero-order chi connectivity index (χ0) is 12.3. The molecule has 0 saturated heterocycles. The van der Waals surface area contributed by atoms with Crippen molar-refractivity contribution in [3.63, 3.8) is 0 Å². The number of aliphatic carboxylic acids is 1. The summed E-state index contributed by atoms with van der Waals surface area (Å²) >= 11 is 0. The lowest BCUT2D eigenvalue weighted by Crippen LogP contribution is -1.99. The molecular weight excluding hydrogens is 222 g/mol. The first-order valence-electron chi connectivity index (χ1n) is 5.00. The molecule has 0 fully saturated rings. The SMILES string of the molecule is COc1ccccc1-c1nc(CC(=O)O)co1. The number of ether oxygens (including phenoxy) is 1. The van der Waals surface area contributed by atoms with E-state index in [0.29, 0.717) is 22.9 Å². The lowest BCUT2D eigenvalue weighted by Gasteiger charge is -2.03. The van der Waals surface area contributed by atoms with Crippen LogP contribution in [0.5, 0.6) is 5.75 Å². The van der Waals surface area contributed by atoms with E-state index in [-0.39, 0.29) is 6.42 Å². The molecule has 1 N–H and O–H groups in total. The van der Waals surface area contributed by atoms with Gasteiger partial charge in [0.05, 0.1) is 24.8 Å². The summed E-state index contributed by atoms with van der Waals surface area (Å²) in [4.78, 5) is 14.6. The summed E-state index contributed by atoms with van der Waals surface area (Å²) in [6.07, 6.45) is 1.19. The van der Waals surface area contributed by atoms with Crippen LogP contribution in [0.15, 0.2) is 34.9 Å². The van der Waals surface area contributed by atoms with Crippen LogP contribution in [-0.4, -0.2) is 23.2 Å². The first-order chi connectivity index (χ1) is 8.20. The van der Waals surface area contributed by atoms with E-state index in [1.165, 1.54) is 6.26 Å². The number of oxazole rings is 1. The number of carbonyl (C=O) groups is 1. The van der Waals surface area contributed by atoms with Gasteiger partial charge in [-0.3, -0.25) is 4.79 Å². The number of methoxy groups -OCH3 is 1. The van der Waals surface area contributed by atoms with Gasteiger partial charge < -0.3 is 14.3 Å². The van der Waals surface area contributed by atoms with E-state index in [0.717, 1.165) is 0 Å². The van der Waals surface area contributed by atoms with Gasteiger partial charge in [0.15, 0.2) is 0 Å². The number of rotatable bonds is 4. The van der Waals surface area contributed by atoms with Gasteiger partial charge >= 0.3 is 5.97 Å². The Morgan fingerprint density at radius 3 is 2.94 bits per heavy atom. The molecule has 2 rings (SSSR count). The molecule has 0 atom stereocenters. The Morgan fingerprint density at radius 2 is 2.24 bits per heavy atom. The van der Waals surface area contributed by atoms with Crippen molar-refractivity contribution in [3.8, 4) is 17.2 Å². The first-order valence-corrected chi connectivity index (χ1v) is 5.00. The fraction of sp³-hybridized carbons (Fsp3) is 0.167. The smallest absolute Gasteiger partial charge is 0.309 e. The molecule has 0 aliphatic rings. The number of carboxylic acid groups (broad SMARTS) is 1. The number of hydrogen-bond donors (Lipinski definition) is 1. The number of carboxylic acids is 1. The molecule has 0 spiro atoms. The summed E-state index contributed by atoms with van der Waals surface area (Å²) < 4.78 is 10.4. The summed E-state index contributed by atoms with van der Waals surface area (Å²) in [7, 11) is 1.56. The Kier molecular flexibility index (Phi) is 3.09. The molecule has 1 heterocycles. The third kappa shape index (κ3) is 2.44. The number of aromatic nitrogens is 1. The third-order valence-electron chi connectivity index (χ3n) is 2.22. The summed E-state index contributed by atoms with van der Waals surface area (Å²) in [5.41, 5.74) is 1.09. The van der Waals surface area contributed by atoms with E-state index >= 15 is 0 Å². The molecule has 88 valence electrons. The highest BCUT2D eigenvalue weighted by molar-refractivity contribution is 5.70. The number of nitrogens with zero attached hydrogens (tertiary/aromatic N) is 1. The van der Waals surface area contributed by atoms with Crippen molar-refractivity contribution in [1.82, 2.24) is 4.98 Å². The molecule has 0 radical (unpaired) electrons. The minimum Gasteiger partial charge on any atom is -0.496 e. The fourth-order valence-corrected chi connectivity index (χ4v) is 1.49. The van der Waals surface area contributed by atoms with E-state index < -0.39 is 5.97 Å². The highest BCUT2D eigenvalue weighted by atomic mass is 16.5. The quantitative estimate of drug-likeness (QED) is 0.874. The van der Waals surface area contributed by atoms with Crippen LogP contribution in [0.3, 0.4) is 0 Å². The second-order valence-corrected chi connectivity index (χ2v) is 3.41. The molecule has 0 bridgehead atoms. The number of hydrogen-bond acceptors (Lipinski definition) is 4. The molecule has 5 heteroatoms. The molecule has 1 aromatic heterocycles. The van der Waals surface area contributed by atoms with Crippen LogP contribution in [-0.2, 0) is 11.2 Å². The molecule has 1 aromatic carbocycles. The van der Waals surface area contributed by atoms with E-state index in [9.17, 15) is 4.79 Å². The van der Waals surface area contributed by atoms with Crippen molar-refractivity contribution in [3.05, 3.63) is 36.2 Å². The van der Waals surface area contributed by atoms with Gasteiger partial charge in [-0.05, 0) is 12.1 Å². The van der Waals surface area contributed by atoms with E-state index in [4.69, 9.17) is 14.3 Å². The molecular formula is C12H11NO4. The molecule has 2 aromatic rings. The van der Waals surface area contributed by atoms with E-state index in [2.05, 4.69) is 4.98 Å². The average Bonchev–Trinajstić information content (AvgIpc) is 2.76. The van der Waals surface area contributed by atoms with Crippen LogP contribution >= 0.6 is 0 Å². The molecule has 0 saturated carbocycles. The lowest BCUT2D eigenvalue weighted by atomic mass is 10.2. The molecule has 0 aliphatic carbocycles. The van der Waals surface area contributed by atoms with Gasteiger partial charge in [0.25, 0.3) is 0 Å². The maximum Gasteiger partial charge on any atom is 0.309 e. The van der Waals surface area contributed by atoms with Crippen LogP contribution in [0.4, 0.5) is 0 Å². The van der Waals surface area contributed by atoms with E-state index in [1.54, 1.807) is 19.2 Å². The summed E-state index contributed by atoms with van der Waals surface area (Å²) in [6, 6.07) is 7.26. The zero-order valence-electron chi connectivity index (χ0n) is 9.21. The molecule has 5 nitrogen and oxygen atoms in total. The van der Waals surface area contributed by atoms with Crippen LogP contribution in [0, 0.1) is 0 Å². The number of para-hydroxylation sites is 1. The lowest BCUT2D eigenvalue weighted by molar-refractivity contribution is -0.136. The minimum absolute atomic E-state index is 0.154. The third-order valence-corrected chi connectivity index (χ3v) is 2.22. The Morgan fingerprint density at radius 1 is 1.47 bits per heavy atom. The van der Waals surface area contributed by atoms with Gasteiger partial charge in [-0.2, -0.15) is 0 Å². The summed E-state index contributed by atoms with van der Waals surface area (Å²) in [5, 5.41) is 8.64.